The lowest BCUT2D eigenvalue weighted by Crippen LogP contribution is -2.44. The van der Waals surface area contributed by atoms with Crippen LogP contribution in [0.2, 0.25) is 0 Å². The van der Waals surface area contributed by atoms with Crippen molar-refractivity contribution in [3.05, 3.63) is 57.5 Å². The third-order valence-corrected chi connectivity index (χ3v) is 4.98. The van der Waals surface area contributed by atoms with E-state index in [9.17, 15) is 19.7 Å². The van der Waals surface area contributed by atoms with Gasteiger partial charge in [-0.05, 0) is 22.1 Å². The van der Waals surface area contributed by atoms with E-state index in [-0.39, 0.29) is 12.2 Å². The first-order valence-electron chi connectivity index (χ1n) is 8.01. The lowest BCUT2D eigenvalue weighted by Gasteiger charge is -2.21. The van der Waals surface area contributed by atoms with Crippen LogP contribution in [0.15, 0.2) is 30.5 Å². The molecule has 1 aromatic heterocycles. The van der Waals surface area contributed by atoms with Gasteiger partial charge in [0.05, 0.1) is 21.3 Å². The summed E-state index contributed by atoms with van der Waals surface area (Å²) >= 11 is 3.15. The molecule has 0 unspecified atom stereocenters. The summed E-state index contributed by atoms with van der Waals surface area (Å²) in [6, 6.07) is 7.07. The average molecular weight is 452 g/mol. The lowest BCUT2D eigenvalue weighted by molar-refractivity contribution is -0.391. The highest BCUT2D eigenvalue weighted by Crippen LogP contribution is 2.27. The summed E-state index contributed by atoms with van der Waals surface area (Å²) in [5.41, 5.74) is 1.52. The van der Waals surface area contributed by atoms with Crippen LogP contribution >= 0.6 is 15.9 Å². The highest BCUT2D eigenvalue weighted by Gasteiger charge is 2.46. The number of methoxy groups -OCH3 is 2. The molecule has 0 radical (unpaired) electrons. The molecule has 0 fully saturated rings. The topological polar surface area (TPSA) is 114 Å². The highest BCUT2D eigenvalue weighted by molar-refractivity contribution is 9.10. The van der Waals surface area contributed by atoms with Gasteiger partial charge in [0.25, 0.3) is 0 Å². The minimum atomic E-state index is -1.63. The zero-order valence-corrected chi connectivity index (χ0v) is 17.0. The largest absolute Gasteiger partial charge is 0.468 e. The molecule has 148 valence electrons. The quantitative estimate of drug-likeness (QED) is 0.209. The third-order valence-electron chi connectivity index (χ3n) is 4.06. The molecule has 10 heteroatoms. The number of esters is 2. The van der Waals surface area contributed by atoms with Crippen LogP contribution in [0.25, 0.3) is 12.2 Å². The van der Waals surface area contributed by atoms with Gasteiger partial charge >= 0.3 is 17.8 Å². The Morgan fingerprint density at radius 3 is 2.25 bits per heavy atom. The minimum Gasteiger partial charge on any atom is -0.468 e. The van der Waals surface area contributed by atoms with E-state index in [1.165, 1.54) is 25.0 Å². The second kappa shape index (κ2) is 8.79. The summed E-state index contributed by atoms with van der Waals surface area (Å²) < 4.78 is 9.14. The molecular formula is C18H18BrN3O6. The van der Waals surface area contributed by atoms with Crippen molar-refractivity contribution >= 4 is 45.8 Å². The Balaban J connectivity index is 2.18. The molecule has 0 aliphatic heterocycles. The van der Waals surface area contributed by atoms with Crippen LogP contribution < -0.4 is 0 Å². The van der Waals surface area contributed by atoms with Gasteiger partial charge in [0.2, 0.25) is 10.1 Å². The monoisotopic (exact) mass is 451 g/mol. The SMILES string of the molecule is COC(=O)C(Br)(Cc1ccc(/C=C/c2ncc([N+](=O)[O-])n2C)cc1)C(=O)OC. The number of hydrogen-bond donors (Lipinski definition) is 0. The smallest absolute Gasteiger partial charge is 0.342 e. The Hall–Kier alpha value is -3.01. The maximum absolute atomic E-state index is 12.0. The van der Waals surface area contributed by atoms with E-state index in [0.717, 1.165) is 5.56 Å². The lowest BCUT2D eigenvalue weighted by atomic mass is 9.98. The van der Waals surface area contributed by atoms with Gasteiger partial charge in [-0.25, -0.2) is 19.1 Å². The summed E-state index contributed by atoms with van der Waals surface area (Å²) in [6.45, 7) is 0. The van der Waals surface area contributed by atoms with Crippen LogP contribution in [0.3, 0.4) is 0 Å². The summed E-state index contributed by atoms with van der Waals surface area (Å²) in [4.78, 5) is 38.4. The molecule has 1 aromatic carbocycles. The summed E-state index contributed by atoms with van der Waals surface area (Å²) in [7, 11) is 3.94. The van der Waals surface area contributed by atoms with Crippen molar-refractivity contribution in [1.29, 1.82) is 0 Å². The van der Waals surface area contributed by atoms with Gasteiger partial charge < -0.3 is 19.6 Å². The number of aromatic nitrogens is 2. The number of hydrogen-bond acceptors (Lipinski definition) is 7. The van der Waals surface area contributed by atoms with Crippen LogP contribution in [0, 0.1) is 10.1 Å². The Morgan fingerprint density at radius 1 is 1.21 bits per heavy atom. The molecule has 28 heavy (non-hydrogen) atoms. The van der Waals surface area contributed by atoms with Crippen LogP contribution in [-0.4, -0.2) is 45.0 Å². The first kappa shape index (κ1) is 21.3. The van der Waals surface area contributed by atoms with E-state index in [4.69, 9.17) is 9.47 Å². The van der Waals surface area contributed by atoms with E-state index >= 15 is 0 Å². The Labute approximate surface area is 169 Å². The molecule has 0 saturated heterocycles. The molecule has 0 bridgehead atoms. The fourth-order valence-electron chi connectivity index (χ4n) is 2.49. The predicted molar refractivity (Wildman–Crippen MR) is 105 cm³/mol. The van der Waals surface area contributed by atoms with Gasteiger partial charge in [-0.3, -0.25) is 0 Å². The van der Waals surface area contributed by atoms with Gasteiger partial charge in [-0.15, -0.1) is 0 Å². The fraction of sp³-hybridized carbons (Fsp3) is 0.278. The van der Waals surface area contributed by atoms with E-state index in [1.807, 2.05) is 0 Å². The van der Waals surface area contributed by atoms with Gasteiger partial charge in [0, 0.05) is 12.5 Å². The third kappa shape index (κ3) is 4.45. The molecule has 0 saturated carbocycles. The van der Waals surface area contributed by atoms with E-state index in [2.05, 4.69) is 20.9 Å². The molecule has 2 aromatic rings. The van der Waals surface area contributed by atoms with Gasteiger partial charge in [0.15, 0.2) is 0 Å². The molecule has 1 heterocycles. The zero-order chi connectivity index (χ0) is 20.9. The van der Waals surface area contributed by atoms with Crippen LogP contribution in [0.1, 0.15) is 17.0 Å². The Bertz CT molecular complexity index is 904. The number of ether oxygens (including phenoxy) is 2. The molecule has 9 nitrogen and oxygen atoms in total. The van der Waals surface area contributed by atoms with Gasteiger partial charge in [0.1, 0.15) is 6.20 Å². The molecule has 0 aliphatic rings. The van der Waals surface area contributed by atoms with Crippen LogP contribution in [0.4, 0.5) is 5.82 Å². The van der Waals surface area contributed by atoms with Crippen molar-refractivity contribution in [3.63, 3.8) is 0 Å². The van der Waals surface area contributed by atoms with E-state index < -0.39 is 21.2 Å². The van der Waals surface area contributed by atoms with Crippen LogP contribution in [0.5, 0.6) is 0 Å². The van der Waals surface area contributed by atoms with Gasteiger partial charge in [-0.2, -0.15) is 0 Å². The summed E-state index contributed by atoms with van der Waals surface area (Å²) in [6.07, 6.45) is 4.64. The maximum atomic E-state index is 12.0. The molecule has 0 spiro atoms. The first-order chi connectivity index (χ1) is 13.2. The molecular weight excluding hydrogens is 434 g/mol. The minimum absolute atomic E-state index is 0.0436. The Morgan fingerprint density at radius 2 is 1.79 bits per heavy atom. The molecule has 0 N–H and O–H groups in total. The number of imidazole rings is 1. The van der Waals surface area contributed by atoms with Crippen molar-refractivity contribution in [3.8, 4) is 0 Å². The van der Waals surface area contributed by atoms with Crippen LogP contribution in [-0.2, 0) is 32.5 Å². The second-order valence-corrected chi connectivity index (χ2v) is 7.18. The van der Waals surface area contributed by atoms with E-state index in [1.54, 1.807) is 43.5 Å². The number of carbonyl (C=O) groups excluding carboxylic acids is 2. The van der Waals surface area contributed by atoms with E-state index in [0.29, 0.717) is 11.4 Å². The number of alkyl halides is 1. The first-order valence-corrected chi connectivity index (χ1v) is 8.81. The van der Waals surface area contributed by atoms with Crippen molar-refractivity contribution in [2.75, 3.05) is 14.2 Å². The van der Waals surface area contributed by atoms with Crippen molar-refractivity contribution in [1.82, 2.24) is 9.55 Å². The number of benzene rings is 1. The molecule has 0 aliphatic carbocycles. The number of nitrogens with zero attached hydrogens (tertiary/aromatic N) is 3. The second-order valence-electron chi connectivity index (χ2n) is 5.83. The van der Waals surface area contributed by atoms with Crippen molar-refractivity contribution in [2.45, 2.75) is 10.7 Å². The average Bonchev–Trinajstić information content (AvgIpc) is 3.06. The molecule has 2 rings (SSSR count). The van der Waals surface area contributed by atoms with Crippen molar-refractivity contribution in [2.24, 2.45) is 7.05 Å². The zero-order valence-electron chi connectivity index (χ0n) is 15.4. The molecule has 0 amide bonds. The normalized spacial score (nSPS) is 11.4. The Kier molecular flexibility index (Phi) is 6.68. The van der Waals surface area contributed by atoms with Crippen molar-refractivity contribution < 1.29 is 24.0 Å². The number of halogens is 1. The number of rotatable bonds is 7. The number of carbonyl (C=O) groups is 2. The summed E-state index contributed by atoms with van der Waals surface area (Å²) in [5, 5.41) is 10.9. The standard InChI is InChI=1S/C18H18BrN3O6/c1-21-14(20-11-15(21)22(25)26)9-8-12-4-6-13(7-5-12)10-18(19,16(23)27-2)17(24)28-3/h4-9,11H,10H2,1-3H3/b9-8+. The summed E-state index contributed by atoms with van der Waals surface area (Å²) in [5.74, 6) is -1.17. The number of nitro groups is 1. The fourth-order valence-corrected chi connectivity index (χ4v) is 3.14. The van der Waals surface area contributed by atoms with Gasteiger partial charge in [-0.1, -0.05) is 40.2 Å². The predicted octanol–water partition coefficient (Wildman–Crippen LogP) is 2.52. The highest BCUT2D eigenvalue weighted by atomic mass is 79.9. The maximum Gasteiger partial charge on any atom is 0.342 e. The molecule has 0 atom stereocenters.